The normalized spacial score (nSPS) is 11.5. The molecule has 0 aliphatic rings. The SMILES string of the molecule is CCCOC(=O)c1ccc(NC(=O)[C@@H](CC)Oc2ccc(C)cc2)cc1. The summed E-state index contributed by atoms with van der Waals surface area (Å²) >= 11 is 0. The van der Waals surface area contributed by atoms with Gasteiger partial charge in [-0.3, -0.25) is 4.79 Å². The predicted molar refractivity (Wildman–Crippen MR) is 102 cm³/mol. The van der Waals surface area contributed by atoms with Crippen LogP contribution in [-0.2, 0) is 9.53 Å². The van der Waals surface area contributed by atoms with Gasteiger partial charge in [-0.1, -0.05) is 31.5 Å². The van der Waals surface area contributed by atoms with E-state index >= 15 is 0 Å². The van der Waals surface area contributed by atoms with Gasteiger partial charge < -0.3 is 14.8 Å². The Kier molecular flexibility index (Phi) is 7.21. The van der Waals surface area contributed by atoms with Crippen molar-refractivity contribution in [2.24, 2.45) is 0 Å². The quantitative estimate of drug-likeness (QED) is 0.715. The standard InChI is InChI=1S/C21H25NO4/c1-4-14-25-21(24)16-8-10-17(11-9-16)22-20(23)19(5-2)26-18-12-6-15(3)7-13-18/h6-13,19H,4-5,14H2,1-3H3,(H,22,23)/t19-/m1/s1. The lowest BCUT2D eigenvalue weighted by molar-refractivity contribution is -0.122. The fourth-order valence-electron chi connectivity index (χ4n) is 2.29. The summed E-state index contributed by atoms with van der Waals surface area (Å²) in [7, 11) is 0. The molecule has 0 aliphatic carbocycles. The number of aryl methyl sites for hydroxylation is 1. The molecular formula is C21H25NO4. The van der Waals surface area contributed by atoms with Crippen molar-refractivity contribution in [1.82, 2.24) is 0 Å². The fraction of sp³-hybridized carbons (Fsp3) is 0.333. The van der Waals surface area contributed by atoms with Gasteiger partial charge in [-0.2, -0.15) is 0 Å². The summed E-state index contributed by atoms with van der Waals surface area (Å²) in [6.07, 6.45) is 0.729. The monoisotopic (exact) mass is 355 g/mol. The molecule has 0 unspecified atom stereocenters. The number of ether oxygens (including phenoxy) is 2. The molecule has 0 heterocycles. The maximum absolute atomic E-state index is 12.4. The molecule has 0 fully saturated rings. The second-order valence-corrected chi connectivity index (χ2v) is 6.03. The number of benzene rings is 2. The zero-order valence-corrected chi connectivity index (χ0v) is 15.5. The van der Waals surface area contributed by atoms with E-state index in [1.807, 2.05) is 45.0 Å². The number of amides is 1. The minimum Gasteiger partial charge on any atom is -0.481 e. The third-order valence-electron chi connectivity index (χ3n) is 3.79. The van der Waals surface area contributed by atoms with Gasteiger partial charge in [0.05, 0.1) is 12.2 Å². The van der Waals surface area contributed by atoms with Crippen LogP contribution < -0.4 is 10.1 Å². The fourth-order valence-corrected chi connectivity index (χ4v) is 2.29. The van der Waals surface area contributed by atoms with Crippen molar-refractivity contribution in [2.45, 2.75) is 39.7 Å². The first kappa shape index (κ1) is 19.5. The van der Waals surface area contributed by atoms with Crippen LogP contribution in [0.3, 0.4) is 0 Å². The molecule has 26 heavy (non-hydrogen) atoms. The molecule has 1 amide bonds. The van der Waals surface area contributed by atoms with E-state index in [1.165, 1.54) is 0 Å². The lowest BCUT2D eigenvalue weighted by atomic mass is 10.2. The van der Waals surface area contributed by atoms with Crippen molar-refractivity contribution in [1.29, 1.82) is 0 Å². The summed E-state index contributed by atoms with van der Waals surface area (Å²) in [5.74, 6) is 0.0693. The third kappa shape index (κ3) is 5.62. The molecule has 5 nitrogen and oxygen atoms in total. The first-order valence-corrected chi connectivity index (χ1v) is 8.84. The van der Waals surface area contributed by atoms with E-state index in [0.29, 0.717) is 30.0 Å². The highest BCUT2D eigenvalue weighted by atomic mass is 16.5. The van der Waals surface area contributed by atoms with Gasteiger partial charge in [0.2, 0.25) is 0 Å². The second-order valence-electron chi connectivity index (χ2n) is 6.03. The Hall–Kier alpha value is -2.82. The first-order valence-electron chi connectivity index (χ1n) is 8.84. The molecular weight excluding hydrogens is 330 g/mol. The van der Waals surface area contributed by atoms with Crippen LogP contribution in [-0.4, -0.2) is 24.6 Å². The zero-order valence-electron chi connectivity index (χ0n) is 15.5. The van der Waals surface area contributed by atoms with E-state index < -0.39 is 6.10 Å². The van der Waals surface area contributed by atoms with Crippen molar-refractivity contribution < 1.29 is 19.1 Å². The number of carbonyl (C=O) groups excluding carboxylic acids is 2. The molecule has 138 valence electrons. The molecule has 0 saturated carbocycles. The highest BCUT2D eigenvalue weighted by Crippen LogP contribution is 2.17. The molecule has 0 aliphatic heterocycles. The van der Waals surface area contributed by atoms with Crippen LogP contribution in [0.5, 0.6) is 5.75 Å². The Morgan fingerprint density at radius 3 is 2.23 bits per heavy atom. The number of rotatable bonds is 8. The molecule has 2 aromatic rings. The summed E-state index contributed by atoms with van der Waals surface area (Å²) in [5, 5.41) is 2.82. The van der Waals surface area contributed by atoms with Gasteiger partial charge in [0, 0.05) is 5.69 Å². The predicted octanol–water partition coefficient (Wildman–Crippen LogP) is 4.36. The van der Waals surface area contributed by atoms with Crippen molar-refractivity contribution >= 4 is 17.6 Å². The number of anilines is 1. The van der Waals surface area contributed by atoms with E-state index in [0.717, 1.165) is 12.0 Å². The van der Waals surface area contributed by atoms with Crippen LogP contribution in [0.25, 0.3) is 0 Å². The van der Waals surface area contributed by atoms with Crippen molar-refractivity contribution in [3.05, 3.63) is 59.7 Å². The topological polar surface area (TPSA) is 64.6 Å². The number of hydrogen-bond acceptors (Lipinski definition) is 4. The van der Waals surface area contributed by atoms with E-state index in [-0.39, 0.29) is 11.9 Å². The smallest absolute Gasteiger partial charge is 0.338 e. The molecule has 1 N–H and O–H groups in total. The largest absolute Gasteiger partial charge is 0.481 e. The first-order chi connectivity index (χ1) is 12.5. The van der Waals surface area contributed by atoms with E-state index in [4.69, 9.17) is 9.47 Å². The summed E-state index contributed by atoms with van der Waals surface area (Å²) in [4.78, 5) is 24.2. The molecule has 0 saturated heterocycles. The lowest BCUT2D eigenvalue weighted by Crippen LogP contribution is -2.32. The molecule has 2 aromatic carbocycles. The van der Waals surface area contributed by atoms with Crippen molar-refractivity contribution in [3.63, 3.8) is 0 Å². The van der Waals surface area contributed by atoms with Crippen LogP contribution in [0, 0.1) is 6.92 Å². The van der Waals surface area contributed by atoms with Crippen LogP contribution in [0.2, 0.25) is 0 Å². The Balaban J connectivity index is 1.96. The van der Waals surface area contributed by atoms with Gasteiger partial charge >= 0.3 is 5.97 Å². The van der Waals surface area contributed by atoms with Crippen molar-refractivity contribution in [3.8, 4) is 5.75 Å². The van der Waals surface area contributed by atoms with Gasteiger partial charge in [0.1, 0.15) is 5.75 Å². The van der Waals surface area contributed by atoms with E-state index in [9.17, 15) is 9.59 Å². The van der Waals surface area contributed by atoms with Gasteiger partial charge in [-0.15, -0.1) is 0 Å². The molecule has 0 bridgehead atoms. The Labute approximate surface area is 154 Å². The highest BCUT2D eigenvalue weighted by molar-refractivity contribution is 5.95. The average Bonchev–Trinajstić information content (AvgIpc) is 2.66. The number of hydrogen-bond donors (Lipinski definition) is 1. The van der Waals surface area contributed by atoms with Crippen LogP contribution in [0.1, 0.15) is 42.6 Å². The van der Waals surface area contributed by atoms with Gasteiger partial charge in [0.25, 0.3) is 5.91 Å². The van der Waals surface area contributed by atoms with Crippen LogP contribution >= 0.6 is 0 Å². The second kappa shape index (κ2) is 9.61. The average molecular weight is 355 g/mol. The summed E-state index contributed by atoms with van der Waals surface area (Å²) in [6.45, 7) is 6.22. The maximum Gasteiger partial charge on any atom is 0.338 e. The molecule has 2 rings (SSSR count). The summed E-state index contributed by atoms with van der Waals surface area (Å²) < 4.78 is 10.9. The Morgan fingerprint density at radius 2 is 1.65 bits per heavy atom. The minimum absolute atomic E-state index is 0.227. The number of carbonyl (C=O) groups is 2. The van der Waals surface area contributed by atoms with Crippen LogP contribution in [0.4, 0.5) is 5.69 Å². The Bertz CT molecular complexity index is 723. The third-order valence-corrected chi connectivity index (χ3v) is 3.79. The van der Waals surface area contributed by atoms with E-state index in [1.54, 1.807) is 24.3 Å². The molecule has 0 spiro atoms. The molecule has 5 heteroatoms. The van der Waals surface area contributed by atoms with Gasteiger partial charge in [0.15, 0.2) is 6.10 Å². The highest BCUT2D eigenvalue weighted by Gasteiger charge is 2.18. The summed E-state index contributed by atoms with van der Waals surface area (Å²) in [6, 6.07) is 14.2. The van der Waals surface area contributed by atoms with Crippen molar-refractivity contribution in [2.75, 3.05) is 11.9 Å². The molecule has 0 aromatic heterocycles. The zero-order chi connectivity index (χ0) is 18.9. The van der Waals surface area contributed by atoms with E-state index in [2.05, 4.69) is 5.32 Å². The van der Waals surface area contributed by atoms with Gasteiger partial charge in [-0.05, 0) is 56.2 Å². The lowest BCUT2D eigenvalue weighted by Gasteiger charge is -2.17. The molecule has 0 radical (unpaired) electrons. The maximum atomic E-state index is 12.4. The number of nitrogens with one attached hydrogen (secondary N) is 1. The Morgan fingerprint density at radius 1 is 1.00 bits per heavy atom. The summed E-state index contributed by atoms with van der Waals surface area (Å²) in [5.41, 5.74) is 2.19. The molecule has 1 atom stereocenters. The van der Waals surface area contributed by atoms with Gasteiger partial charge in [-0.25, -0.2) is 4.79 Å². The van der Waals surface area contributed by atoms with Crippen LogP contribution in [0.15, 0.2) is 48.5 Å². The number of esters is 1. The minimum atomic E-state index is -0.591.